The summed E-state index contributed by atoms with van der Waals surface area (Å²) in [6.45, 7) is -0.490. The molecule has 3 fully saturated rings. The number of imide groups is 1. The van der Waals surface area contributed by atoms with E-state index in [4.69, 9.17) is 27.9 Å². The molecule has 3 aliphatic rings. The number of hydrogen-bond acceptors (Lipinski definition) is 5. The van der Waals surface area contributed by atoms with E-state index in [1.54, 1.807) is 18.2 Å². The second kappa shape index (κ2) is 9.15. The number of anilines is 2. The zero-order valence-corrected chi connectivity index (χ0v) is 21.0. The number of ether oxygens (including phenoxy) is 1. The van der Waals surface area contributed by atoms with Crippen LogP contribution in [0.3, 0.4) is 0 Å². The second-order valence-electron chi connectivity index (χ2n) is 9.72. The number of esters is 1. The number of rotatable bonds is 5. The van der Waals surface area contributed by atoms with E-state index < -0.39 is 30.3 Å². The third-order valence-electron chi connectivity index (χ3n) is 7.73. The van der Waals surface area contributed by atoms with Gasteiger partial charge < -0.3 is 10.1 Å². The number of fused-ring (bicyclic) bond motifs is 6. The first kappa shape index (κ1) is 23.9. The monoisotopic (exact) mass is 536 g/mol. The van der Waals surface area contributed by atoms with Crippen molar-refractivity contribution in [3.8, 4) is 0 Å². The van der Waals surface area contributed by atoms with Crippen LogP contribution in [0.4, 0.5) is 11.4 Å². The third-order valence-corrected chi connectivity index (χ3v) is 9.04. The van der Waals surface area contributed by atoms with E-state index in [-0.39, 0.29) is 45.7 Å². The molecule has 3 aromatic carbocycles. The molecule has 3 amide bonds. The molecule has 188 valence electrons. The van der Waals surface area contributed by atoms with Crippen LogP contribution in [0.15, 0.2) is 66.7 Å². The highest BCUT2D eigenvalue weighted by atomic mass is 35.5. The topological polar surface area (TPSA) is 92.8 Å². The predicted octanol–water partition coefficient (Wildman–Crippen LogP) is 4.61. The van der Waals surface area contributed by atoms with Crippen LogP contribution in [0, 0.1) is 23.7 Å². The normalized spacial score (nSPS) is 28.0. The van der Waals surface area contributed by atoms with Gasteiger partial charge in [-0.3, -0.25) is 19.3 Å². The van der Waals surface area contributed by atoms with Gasteiger partial charge in [0.1, 0.15) is 0 Å². The predicted molar refractivity (Wildman–Crippen MR) is 140 cm³/mol. The molecule has 2 aliphatic carbocycles. The molecule has 0 unspecified atom stereocenters. The molecule has 0 spiro atoms. The molecule has 6 atom stereocenters. The van der Waals surface area contributed by atoms with E-state index in [0.717, 1.165) is 15.7 Å². The maximum absolute atomic E-state index is 13.2. The van der Waals surface area contributed by atoms with E-state index >= 15 is 0 Å². The lowest BCUT2D eigenvalue weighted by atomic mass is 9.80. The number of amides is 3. The van der Waals surface area contributed by atoms with E-state index in [1.165, 1.54) is 12.1 Å². The molecule has 1 aliphatic heterocycles. The Morgan fingerprint density at radius 2 is 1.54 bits per heavy atom. The molecule has 3 aromatic rings. The Hall–Kier alpha value is -3.42. The Labute approximate surface area is 222 Å². The lowest BCUT2D eigenvalue weighted by molar-refractivity contribution is -0.123. The highest BCUT2D eigenvalue weighted by Gasteiger charge is 2.66. The van der Waals surface area contributed by atoms with E-state index in [2.05, 4.69) is 5.32 Å². The number of carbonyl (C=O) groups is 4. The third kappa shape index (κ3) is 3.88. The SMILES string of the molecule is O=C(COC(=O)c1cccc(N2C(=O)[C@@H]3[C@H]4C[C@@H]([C@H](Cl)[C@@H]4Cl)[C@@H]3C2=O)c1)Nc1cccc2ccccc12. The summed E-state index contributed by atoms with van der Waals surface area (Å²) in [5.41, 5.74) is 1.03. The highest BCUT2D eigenvalue weighted by Crippen LogP contribution is 2.59. The van der Waals surface area contributed by atoms with Gasteiger partial charge in [-0.05, 0) is 47.9 Å². The van der Waals surface area contributed by atoms with Gasteiger partial charge in [0.15, 0.2) is 6.61 Å². The minimum Gasteiger partial charge on any atom is -0.452 e. The van der Waals surface area contributed by atoms with Gasteiger partial charge >= 0.3 is 5.97 Å². The summed E-state index contributed by atoms with van der Waals surface area (Å²) < 4.78 is 5.22. The Kier molecular flexibility index (Phi) is 5.92. The Balaban J connectivity index is 1.14. The van der Waals surface area contributed by atoms with Crippen molar-refractivity contribution >= 4 is 69.0 Å². The summed E-state index contributed by atoms with van der Waals surface area (Å²) in [6.07, 6.45) is 0.677. The van der Waals surface area contributed by atoms with Gasteiger partial charge in [-0.25, -0.2) is 4.79 Å². The molecule has 0 aromatic heterocycles. The van der Waals surface area contributed by atoms with E-state index in [0.29, 0.717) is 12.1 Å². The van der Waals surface area contributed by atoms with Crippen LogP contribution < -0.4 is 10.2 Å². The molecule has 2 bridgehead atoms. The van der Waals surface area contributed by atoms with Crippen LogP contribution in [0.5, 0.6) is 0 Å². The minimum atomic E-state index is -0.740. The molecule has 1 saturated heterocycles. The lowest BCUT2D eigenvalue weighted by Crippen LogP contribution is -2.37. The fourth-order valence-electron chi connectivity index (χ4n) is 6.11. The fraction of sp³-hybridized carbons (Fsp3) is 0.286. The molecule has 2 saturated carbocycles. The molecular formula is C28H22Cl2N2O5. The van der Waals surface area contributed by atoms with Crippen LogP contribution in [0.2, 0.25) is 0 Å². The number of nitrogens with one attached hydrogen (secondary N) is 1. The Bertz CT molecular complexity index is 1420. The molecule has 0 radical (unpaired) electrons. The number of carbonyl (C=O) groups excluding carboxylic acids is 4. The molecule has 6 rings (SSSR count). The number of halogens is 2. The van der Waals surface area contributed by atoms with Crippen molar-refractivity contribution in [2.45, 2.75) is 17.2 Å². The van der Waals surface area contributed by atoms with Crippen molar-refractivity contribution in [2.24, 2.45) is 23.7 Å². The standard InChI is InChI=1S/C28H22Cl2N2O5/c29-24-18-12-19(25(24)30)23-22(18)26(34)32(27(23)35)16-8-3-7-15(11-16)28(36)37-13-21(33)31-20-10-4-6-14-5-1-2-9-17(14)20/h1-11,18-19,22-25H,12-13H2,(H,31,33)/t18-,19-,22-,23+,24-,25+/m1/s1. The van der Waals surface area contributed by atoms with Crippen LogP contribution >= 0.6 is 23.2 Å². The maximum Gasteiger partial charge on any atom is 0.338 e. The minimum absolute atomic E-state index is 0.126. The summed E-state index contributed by atoms with van der Waals surface area (Å²) in [7, 11) is 0. The van der Waals surface area contributed by atoms with Crippen LogP contribution in [0.1, 0.15) is 16.8 Å². The van der Waals surface area contributed by atoms with E-state index in [1.807, 2.05) is 36.4 Å². The summed E-state index contributed by atoms with van der Waals surface area (Å²) in [6, 6.07) is 19.3. The van der Waals surface area contributed by atoms with Gasteiger partial charge in [-0.2, -0.15) is 0 Å². The maximum atomic E-state index is 13.2. The summed E-state index contributed by atoms with van der Waals surface area (Å²) in [4.78, 5) is 52.8. The van der Waals surface area contributed by atoms with Crippen molar-refractivity contribution in [1.82, 2.24) is 0 Å². The molecule has 7 nitrogen and oxygen atoms in total. The summed E-state index contributed by atoms with van der Waals surface area (Å²) >= 11 is 12.9. The fourth-order valence-corrected chi connectivity index (χ4v) is 7.00. The molecular weight excluding hydrogens is 515 g/mol. The smallest absolute Gasteiger partial charge is 0.338 e. The molecule has 1 heterocycles. The van der Waals surface area contributed by atoms with Crippen LogP contribution in [0.25, 0.3) is 10.8 Å². The summed E-state index contributed by atoms with van der Waals surface area (Å²) in [5, 5.41) is 3.93. The van der Waals surface area contributed by atoms with Crippen molar-refractivity contribution in [3.63, 3.8) is 0 Å². The van der Waals surface area contributed by atoms with Gasteiger partial charge in [0.25, 0.3) is 5.91 Å². The first-order valence-corrected chi connectivity index (χ1v) is 12.9. The zero-order valence-electron chi connectivity index (χ0n) is 19.5. The highest BCUT2D eigenvalue weighted by molar-refractivity contribution is 6.32. The van der Waals surface area contributed by atoms with Crippen molar-refractivity contribution in [2.75, 3.05) is 16.8 Å². The Morgan fingerprint density at radius 3 is 2.27 bits per heavy atom. The number of hydrogen-bond donors (Lipinski definition) is 1. The average Bonchev–Trinajstić information content (AvgIpc) is 3.52. The lowest BCUT2D eigenvalue weighted by Gasteiger charge is -2.28. The van der Waals surface area contributed by atoms with Gasteiger partial charge in [-0.15, -0.1) is 23.2 Å². The van der Waals surface area contributed by atoms with Gasteiger partial charge in [0, 0.05) is 11.1 Å². The average molecular weight is 537 g/mol. The van der Waals surface area contributed by atoms with Gasteiger partial charge in [0.2, 0.25) is 11.8 Å². The summed E-state index contributed by atoms with van der Waals surface area (Å²) in [5.74, 6) is -3.07. The number of alkyl halides is 2. The van der Waals surface area contributed by atoms with E-state index in [9.17, 15) is 19.2 Å². The quantitative estimate of drug-likeness (QED) is 0.292. The largest absolute Gasteiger partial charge is 0.452 e. The van der Waals surface area contributed by atoms with Gasteiger partial charge in [-0.1, -0.05) is 42.5 Å². The second-order valence-corrected chi connectivity index (χ2v) is 10.7. The van der Waals surface area contributed by atoms with Crippen molar-refractivity contribution in [1.29, 1.82) is 0 Å². The van der Waals surface area contributed by atoms with Crippen molar-refractivity contribution < 1.29 is 23.9 Å². The molecule has 1 N–H and O–H groups in total. The first-order chi connectivity index (χ1) is 17.8. The Morgan fingerprint density at radius 1 is 0.892 bits per heavy atom. The molecule has 9 heteroatoms. The zero-order chi connectivity index (χ0) is 25.8. The van der Waals surface area contributed by atoms with Gasteiger partial charge in [0.05, 0.1) is 33.8 Å². The number of benzene rings is 3. The number of nitrogens with zero attached hydrogens (tertiary/aromatic N) is 1. The molecule has 37 heavy (non-hydrogen) atoms. The van der Waals surface area contributed by atoms with Crippen LogP contribution in [-0.2, 0) is 19.1 Å². The van der Waals surface area contributed by atoms with Crippen LogP contribution in [-0.4, -0.2) is 41.1 Å². The first-order valence-electron chi connectivity index (χ1n) is 12.1. The van der Waals surface area contributed by atoms with Crippen molar-refractivity contribution in [3.05, 3.63) is 72.3 Å².